The van der Waals surface area contributed by atoms with Gasteiger partial charge in [-0.05, 0) is 39.2 Å². The monoisotopic (exact) mass is 213 g/mol. The molecule has 1 N–H and O–H groups in total. The summed E-state index contributed by atoms with van der Waals surface area (Å²) in [5.41, 5.74) is 0.0807. The molecule has 1 aliphatic rings. The van der Waals surface area contributed by atoms with Crippen LogP contribution in [-0.2, 0) is 4.74 Å². The number of ether oxygens (including phenoxy) is 1. The van der Waals surface area contributed by atoms with Crippen molar-refractivity contribution in [2.45, 2.75) is 64.5 Å². The van der Waals surface area contributed by atoms with Crippen LogP contribution in [0.3, 0.4) is 0 Å². The molecule has 0 saturated carbocycles. The van der Waals surface area contributed by atoms with Crippen LogP contribution in [0.1, 0.15) is 52.9 Å². The van der Waals surface area contributed by atoms with Crippen LogP contribution in [0, 0.1) is 5.92 Å². The average molecular weight is 213 g/mol. The number of likely N-dealkylation sites (N-methyl/N-ethyl adjacent to an activating group) is 1. The quantitative estimate of drug-likeness (QED) is 0.732. The van der Waals surface area contributed by atoms with E-state index in [4.69, 9.17) is 4.74 Å². The Bertz CT molecular complexity index is 171. The third kappa shape index (κ3) is 3.18. The van der Waals surface area contributed by atoms with Gasteiger partial charge in [-0.15, -0.1) is 0 Å². The van der Waals surface area contributed by atoms with E-state index in [9.17, 15) is 0 Å². The molecule has 15 heavy (non-hydrogen) atoms. The van der Waals surface area contributed by atoms with Crippen molar-refractivity contribution < 1.29 is 4.74 Å². The first kappa shape index (κ1) is 13.0. The first-order chi connectivity index (χ1) is 7.16. The third-order valence-corrected chi connectivity index (χ3v) is 4.06. The minimum absolute atomic E-state index is 0.0807. The van der Waals surface area contributed by atoms with Crippen LogP contribution in [0.15, 0.2) is 0 Å². The molecule has 0 aromatic carbocycles. The van der Waals surface area contributed by atoms with Crippen molar-refractivity contribution in [2.24, 2.45) is 5.92 Å². The highest BCUT2D eigenvalue weighted by Gasteiger charge is 2.38. The van der Waals surface area contributed by atoms with Gasteiger partial charge in [0.05, 0.1) is 5.60 Å². The van der Waals surface area contributed by atoms with Gasteiger partial charge in [-0.25, -0.2) is 0 Å². The fraction of sp³-hybridized carbons (Fsp3) is 1.00. The Hall–Kier alpha value is -0.0800. The lowest BCUT2D eigenvalue weighted by molar-refractivity contribution is -0.0163. The molecule has 2 atom stereocenters. The molecule has 0 amide bonds. The average Bonchev–Trinajstić information content (AvgIpc) is 2.68. The van der Waals surface area contributed by atoms with Gasteiger partial charge < -0.3 is 10.1 Å². The minimum atomic E-state index is 0.0807. The maximum Gasteiger partial charge on any atom is 0.0807 e. The normalized spacial score (nSPS) is 28.6. The van der Waals surface area contributed by atoms with Gasteiger partial charge >= 0.3 is 0 Å². The van der Waals surface area contributed by atoms with Gasteiger partial charge in [-0.1, -0.05) is 26.7 Å². The summed E-state index contributed by atoms with van der Waals surface area (Å²) in [4.78, 5) is 0. The van der Waals surface area contributed by atoms with Gasteiger partial charge in [0.25, 0.3) is 0 Å². The Balaban J connectivity index is 2.54. The largest absolute Gasteiger partial charge is 0.374 e. The minimum Gasteiger partial charge on any atom is -0.374 e. The van der Waals surface area contributed by atoms with E-state index in [-0.39, 0.29) is 5.60 Å². The van der Waals surface area contributed by atoms with Crippen molar-refractivity contribution in [2.75, 3.05) is 13.7 Å². The van der Waals surface area contributed by atoms with Crippen molar-refractivity contribution in [3.8, 4) is 0 Å². The highest BCUT2D eigenvalue weighted by Crippen LogP contribution is 2.32. The predicted molar refractivity (Wildman–Crippen MR) is 65.1 cm³/mol. The first-order valence-electron chi connectivity index (χ1n) is 6.47. The van der Waals surface area contributed by atoms with Gasteiger partial charge in [-0.3, -0.25) is 0 Å². The fourth-order valence-electron chi connectivity index (χ4n) is 2.70. The predicted octanol–water partition coefficient (Wildman–Crippen LogP) is 2.97. The molecule has 2 unspecified atom stereocenters. The summed E-state index contributed by atoms with van der Waals surface area (Å²) in [5.74, 6) is 0.837. The molecule has 0 radical (unpaired) electrons. The first-order valence-corrected chi connectivity index (χ1v) is 6.47. The molecular formula is C13H27NO. The fourth-order valence-corrected chi connectivity index (χ4v) is 2.70. The Morgan fingerprint density at radius 1 is 1.33 bits per heavy atom. The second kappa shape index (κ2) is 5.86. The number of nitrogens with one attached hydrogen (secondary N) is 1. The zero-order valence-electron chi connectivity index (χ0n) is 10.8. The van der Waals surface area contributed by atoms with E-state index in [1.54, 1.807) is 0 Å². The summed E-state index contributed by atoms with van der Waals surface area (Å²) in [6.07, 6.45) is 6.24. The summed E-state index contributed by atoms with van der Waals surface area (Å²) in [6.45, 7) is 7.79. The van der Waals surface area contributed by atoms with Crippen LogP contribution in [0.5, 0.6) is 0 Å². The van der Waals surface area contributed by atoms with Crippen LogP contribution in [0.25, 0.3) is 0 Å². The van der Waals surface area contributed by atoms with Gasteiger partial charge in [0.15, 0.2) is 0 Å². The lowest BCUT2D eigenvalue weighted by Crippen LogP contribution is -2.48. The standard InChI is InChI=1S/C13H27NO/c1-5-11(6-2)10-12(14-4)13(3)8-7-9-15-13/h11-12,14H,5-10H2,1-4H3. The van der Waals surface area contributed by atoms with Gasteiger partial charge in [0.2, 0.25) is 0 Å². The highest BCUT2D eigenvalue weighted by molar-refractivity contribution is 4.92. The van der Waals surface area contributed by atoms with E-state index in [0.717, 1.165) is 12.5 Å². The Morgan fingerprint density at radius 2 is 2.00 bits per heavy atom. The molecule has 0 bridgehead atoms. The maximum absolute atomic E-state index is 5.92. The van der Waals surface area contributed by atoms with Crippen LogP contribution in [0.4, 0.5) is 0 Å². The maximum atomic E-state index is 5.92. The highest BCUT2D eigenvalue weighted by atomic mass is 16.5. The summed E-state index contributed by atoms with van der Waals surface area (Å²) < 4.78 is 5.92. The van der Waals surface area contributed by atoms with Gasteiger partial charge in [-0.2, -0.15) is 0 Å². The summed E-state index contributed by atoms with van der Waals surface area (Å²) in [7, 11) is 2.07. The van der Waals surface area contributed by atoms with E-state index in [1.807, 2.05) is 0 Å². The molecule has 0 aromatic rings. The molecule has 1 fully saturated rings. The lowest BCUT2D eigenvalue weighted by atomic mass is 9.84. The number of hydrogen-bond acceptors (Lipinski definition) is 2. The van der Waals surface area contributed by atoms with E-state index >= 15 is 0 Å². The molecular weight excluding hydrogens is 186 g/mol. The van der Waals surface area contributed by atoms with Crippen molar-refractivity contribution >= 4 is 0 Å². The SMILES string of the molecule is CCC(CC)CC(NC)C1(C)CCCO1. The van der Waals surface area contributed by atoms with Crippen molar-refractivity contribution in [3.63, 3.8) is 0 Å². The van der Waals surface area contributed by atoms with Crippen molar-refractivity contribution in [1.82, 2.24) is 5.32 Å². The topological polar surface area (TPSA) is 21.3 Å². The Morgan fingerprint density at radius 3 is 2.40 bits per heavy atom. The number of hydrogen-bond donors (Lipinski definition) is 1. The molecule has 1 rings (SSSR count). The smallest absolute Gasteiger partial charge is 0.0807 e. The van der Waals surface area contributed by atoms with Gasteiger partial charge in [0.1, 0.15) is 0 Å². The second-order valence-corrected chi connectivity index (χ2v) is 5.02. The molecule has 0 spiro atoms. The Labute approximate surface area is 94.8 Å². The van der Waals surface area contributed by atoms with Crippen LogP contribution in [-0.4, -0.2) is 25.3 Å². The molecule has 0 aromatic heterocycles. The molecule has 2 nitrogen and oxygen atoms in total. The molecule has 1 aliphatic heterocycles. The van der Waals surface area contributed by atoms with Crippen molar-refractivity contribution in [3.05, 3.63) is 0 Å². The lowest BCUT2D eigenvalue weighted by Gasteiger charge is -2.35. The molecule has 0 aliphatic carbocycles. The summed E-state index contributed by atoms with van der Waals surface area (Å²) in [6, 6.07) is 0.518. The van der Waals surface area contributed by atoms with Crippen LogP contribution in [0.2, 0.25) is 0 Å². The van der Waals surface area contributed by atoms with Gasteiger partial charge in [0, 0.05) is 12.6 Å². The van der Waals surface area contributed by atoms with Crippen molar-refractivity contribution in [1.29, 1.82) is 0 Å². The number of rotatable bonds is 6. The van der Waals surface area contributed by atoms with E-state index in [1.165, 1.54) is 32.1 Å². The van der Waals surface area contributed by atoms with E-state index in [0.29, 0.717) is 6.04 Å². The Kier molecular flexibility index (Phi) is 5.07. The van der Waals surface area contributed by atoms with E-state index in [2.05, 4.69) is 33.1 Å². The van der Waals surface area contributed by atoms with E-state index < -0.39 is 0 Å². The van der Waals surface area contributed by atoms with Crippen LogP contribution < -0.4 is 5.32 Å². The summed E-state index contributed by atoms with van der Waals surface area (Å²) >= 11 is 0. The molecule has 90 valence electrons. The molecule has 2 heteroatoms. The molecule has 1 heterocycles. The van der Waals surface area contributed by atoms with Crippen LogP contribution >= 0.6 is 0 Å². The zero-order chi connectivity index (χ0) is 11.3. The summed E-state index contributed by atoms with van der Waals surface area (Å²) in [5, 5.41) is 3.46. The second-order valence-electron chi connectivity index (χ2n) is 5.02. The molecule has 1 saturated heterocycles. The zero-order valence-corrected chi connectivity index (χ0v) is 10.8. The third-order valence-electron chi connectivity index (χ3n) is 4.06.